The molecule has 0 radical (unpaired) electrons. The van der Waals surface area contributed by atoms with Crippen molar-refractivity contribution >= 4 is 5.91 Å². The van der Waals surface area contributed by atoms with Crippen molar-refractivity contribution in [3.63, 3.8) is 0 Å². The van der Waals surface area contributed by atoms with E-state index in [4.69, 9.17) is 10.5 Å². The number of ether oxygens (including phenoxy) is 1. The number of hydrogen-bond donors (Lipinski definition) is 2. The Morgan fingerprint density at radius 2 is 2.25 bits per heavy atom. The molecule has 0 spiro atoms. The van der Waals surface area contributed by atoms with Gasteiger partial charge in [0.25, 0.3) is 0 Å². The van der Waals surface area contributed by atoms with Gasteiger partial charge in [-0.15, -0.1) is 0 Å². The normalized spacial score (nSPS) is 30.5. The van der Waals surface area contributed by atoms with Crippen molar-refractivity contribution in [2.45, 2.75) is 32.4 Å². The molecule has 3 N–H and O–H groups in total. The van der Waals surface area contributed by atoms with Crippen LogP contribution in [0.3, 0.4) is 0 Å². The molecule has 16 heavy (non-hydrogen) atoms. The van der Waals surface area contributed by atoms with Crippen molar-refractivity contribution in [1.29, 1.82) is 0 Å². The summed E-state index contributed by atoms with van der Waals surface area (Å²) in [5.74, 6) is -0.0726. The molecule has 1 aliphatic rings. The molecule has 0 bridgehead atoms. The SMILES string of the molecule is CN(C(=O)C1(C)COCC1N)C(C)(C)CO. The summed E-state index contributed by atoms with van der Waals surface area (Å²) in [5.41, 5.74) is 4.64. The Balaban J connectivity index is 2.86. The second-order valence-corrected chi connectivity index (χ2v) is 5.37. The van der Waals surface area contributed by atoms with Crippen LogP contribution in [0.5, 0.6) is 0 Å². The lowest BCUT2D eigenvalue weighted by molar-refractivity contribution is -0.146. The summed E-state index contributed by atoms with van der Waals surface area (Å²) in [6.07, 6.45) is 0. The highest BCUT2D eigenvalue weighted by atomic mass is 16.5. The van der Waals surface area contributed by atoms with Crippen LogP contribution in [0.2, 0.25) is 0 Å². The zero-order chi connectivity index (χ0) is 12.6. The molecular weight excluding hydrogens is 208 g/mol. The van der Waals surface area contributed by atoms with E-state index in [1.54, 1.807) is 11.9 Å². The fraction of sp³-hybridized carbons (Fsp3) is 0.909. The summed E-state index contributed by atoms with van der Waals surface area (Å²) in [7, 11) is 1.69. The van der Waals surface area contributed by atoms with Gasteiger partial charge in [-0.2, -0.15) is 0 Å². The molecule has 1 amide bonds. The quantitative estimate of drug-likeness (QED) is 0.690. The summed E-state index contributed by atoms with van der Waals surface area (Å²) in [4.78, 5) is 13.9. The van der Waals surface area contributed by atoms with Gasteiger partial charge in [0, 0.05) is 13.1 Å². The molecule has 2 atom stereocenters. The van der Waals surface area contributed by atoms with Crippen LogP contribution in [0.4, 0.5) is 0 Å². The molecule has 1 heterocycles. The van der Waals surface area contributed by atoms with Crippen LogP contribution in [-0.4, -0.2) is 54.4 Å². The molecule has 1 rings (SSSR count). The van der Waals surface area contributed by atoms with Gasteiger partial charge in [-0.05, 0) is 20.8 Å². The van der Waals surface area contributed by atoms with Gasteiger partial charge in [0.1, 0.15) is 0 Å². The van der Waals surface area contributed by atoms with Crippen LogP contribution >= 0.6 is 0 Å². The average molecular weight is 230 g/mol. The Morgan fingerprint density at radius 3 is 2.62 bits per heavy atom. The third-order valence-corrected chi connectivity index (χ3v) is 3.61. The second-order valence-electron chi connectivity index (χ2n) is 5.37. The van der Waals surface area contributed by atoms with Crippen molar-refractivity contribution < 1.29 is 14.6 Å². The number of carbonyl (C=O) groups excluding carboxylic acids is 1. The summed E-state index contributed by atoms with van der Waals surface area (Å²) < 4.78 is 5.25. The lowest BCUT2D eigenvalue weighted by Crippen LogP contribution is -2.57. The fourth-order valence-electron chi connectivity index (χ4n) is 1.67. The van der Waals surface area contributed by atoms with Gasteiger partial charge in [0.2, 0.25) is 5.91 Å². The predicted molar refractivity (Wildman–Crippen MR) is 60.8 cm³/mol. The topological polar surface area (TPSA) is 75.8 Å². The molecule has 0 aromatic heterocycles. The van der Waals surface area contributed by atoms with Crippen molar-refractivity contribution in [3.8, 4) is 0 Å². The van der Waals surface area contributed by atoms with E-state index < -0.39 is 11.0 Å². The Morgan fingerprint density at radius 1 is 1.69 bits per heavy atom. The van der Waals surface area contributed by atoms with Crippen molar-refractivity contribution in [1.82, 2.24) is 4.90 Å². The third kappa shape index (κ3) is 2.07. The summed E-state index contributed by atoms with van der Waals surface area (Å²) in [6, 6.07) is -0.281. The Labute approximate surface area is 96.6 Å². The molecule has 1 aliphatic heterocycles. The van der Waals surface area contributed by atoms with E-state index in [9.17, 15) is 9.90 Å². The number of carbonyl (C=O) groups is 1. The minimum atomic E-state index is -0.679. The van der Waals surface area contributed by atoms with Gasteiger partial charge < -0.3 is 20.5 Å². The van der Waals surface area contributed by atoms with Gasteiger partial charge in [-0.25, -0.2) is 0 Å². The molecule has 1 fully saturated rings. The van der Waals surface area contributed by atoms with Crippen LogP contribution in [0.25, 0.3) is 0 Å². The maximum Gasteiger partial charge on any atom is 0.232 e. The van der Waals surface area contributed by atoms with Crippen LogP contribution in [0.1, 0.15) is 20.8 Å². The number of rotatable bonds is 3. The van der Waals surface area contributed by atoms with Gasteiger partial charge in [-0.1, -0.05) is 0 Å². The monoisotopic (exact) mass is 230 g/mol. The molecule has 94 valence electrons. The number of nitrogens with two attached hydrogens (primary N) is 1. The van der Waals surface area contributed by atoms with Crippen LogP contribution in [0, 0.1) is 5.41 Å². The van der Waals surface area contributed by atoms with Gasteiger partial charge >= 0.3 is 0 Å². The first-order chi connectivity index (χ1) is 7.25. The highest BCUT2D eigenvalue weighted by Gasteiger charge is 2.47. The number of hydrogen-bond acceptors (Lipinski definition) is 4. The zero-order valence-corrected chi connectivity index (χ0v) is 10.5. The smallest absolute Gasteiger partial charge is 0.232 e. The minimum Gasteiger partial charge on any atom is -0.394 e. The maximum absolute atomic E-state index is 12.3. The number of amides is 1. The first kappa shape index (κ1) is 13.4. The van der Waals surface area contributed by atoms with E-state index in [1.165, 1.54) is 0 Å². The Hall–Kier alpha value is -0.650. The zero-order valence-electron chi connectivity index (χ0n) is 10.5. The highest BCUT2D eigenvalue weighted by molar-refractivity contribution is 5.84. The summed E-state index contributed by atoms with van der Waals surface area (Å²) in [6.45, 7) is 6.12. The minimum absolute atomic E-state index is 0.0726. The standard InChI is InChI=1S/C11H22N2O3/c1-10(2,6-14)13(4)9(15)11(3)7-16-5-8(11)12/h8,14H,5-7,12H2,1-4H3. The molecule has 5 nitrogen and oxygen atoms in total. The molecule has 2 unspecified atom stereocenters. The van der Waals surface area contributed by atoms with Gasteiger partial charge in [-0.3, -0.25) is 4.79 Å². The van der Waals surface area contributed by atoms with E-state index in [2.05, 4.69) is 0 Å². The summed E-state index contributed by atoms with van der Waals surface area (Å²) in [5, 5.41) is 9.25. The van der Waals surface area contributed by atoms with E-state index in [1.807, 2.05) is 20.8 Å². The number of likely N-dealkylation sites (N-methyl/N-ethyl adjacent to an activating group) is 1. The molecule has 5 heteroatoms. The lowest BCUT2D eigenvalue weighted by Gasteiger charge is -2.39. The maximum atomic E-state index is 12.3. The van der Waals surface area contributed by atoms with Gasteiger partial charge in [0.05, 0.1) is 30.8 Å². The van der Waals surface area contributed by atoms with Gasteiger partial charge in [0.15, 0.2) is 0 Å². The number of nitrogens with zero attached hydrogens (tertiary/aromatic N) is 1. The second kappa shape index (κ2) is 4.31. The van der Waals surface area contributed by atoms with E-state index in [0.717, 1.165) is 0 Å². The van der Waals surface area contributed by atoms with Crippen molar-refractivity contribution in [3.05, 3.63) is 0 Å². The predicted octanol–water partition coefficient (Wildman–Crippen LogP) is -0.420. The average Bonchev–Trinajstić information content (AvgIpc) is 2.58. The van der Waals surface area contributed by atoms with Crippen LogP contribution in [-0.2, 0) is 9.53 Å². The highest BCUT2D eigenvalue weighted by Crippen LogP contribution is 2.31. The Bertz CT molecular complexity index is 280. The molecule has 0 saturated carbocycles. The molecular formula is C11H22N2O3. The third-order valence-electron chi connectivity index (χ3n) is 3.61. The number of aliphatic hydroxyl groups excluding tert-OH is 1. The molecule has 0 aromatic carbocycles. The molecule has 0 aromatic rings. The number of aliphatic hydroxyl groups is 1. The van der Waals surface area contributed by atoms with E-state index in [-0.39, 0.29) is 18.6 Å². The molecule has 0 aliphatic carbocycles. The molecule has 1 saturated heterocycles. The lowest BCUT2D eigenvalue weighted by atomic mass is 9.83. The van der Waals surface area contributed by atoms with Crippen molar-refractivity contribution in [2.75, 3.05) is 26.9 Å². The first-order valence-corrected chi connectivity index (χ1v) is 5.48. The largest absolute Gasteiger partial charge is 0.394 e. The van der Waals surface area contributed by atoms with Crippen molar-refractivity contribution in [2.24, 2.45) is 11.1 Å². The summed E-state index contributed by atoms with van der Waals surface area (Å²) >= 11 is 0. The van der Waals surface area contributed by atoms with Crippen LogP contribution < -0.4 is 5.73 Å². The Kier molecular flexibility index (Phi) is 3.62. The van der Waals surface area contributed by atoms with E-state index >= 15 is 0 Å². The van der Waals surface area contributed by atoms with E-state index in [0.29, 0.717) is 13.2 Å². The fourth-order valence-corrected chi connectivity index (χ4v) is 1.67. The van der Waals surface area contributed by atoms with Crippen LogP contribution in [0.15, 0.2) is 0 Å². The first-order valence-electron chi connectivity index (χ1n) is 5.48.